The van der Waals surface area contributed by atoms with Gasteiger partial charge in [-0.05, 0) is 12.1 Å². The van der Waals surface area contributed by atoms with Crippen LogP contribution in [0.2, 0.25) is 0 Å². The van der Waals surface area contributed by atoms with Gasteiger partial charge in [-0.1, -0.05) is 0 Å². The lowest BCUT2D eigenvalue weighted by molar-refractivity contribution is 0.170. The molecule has 0 aliphatic rings. The Morgan fingerprint density at radius 1 is 1.13 bits per heavy atom. The van der Waals surface area contributed by atoms with Gasteiger partial charge in [-0.25, -0.2) is 0 Å². The normalized spacial score (nSPS) is 10.0. The fourth-order valence-electron chi connectivity index (χ4n) is 1.19. The molecule has 2 N–H and O–H groups in total. The van der Waals surface area contributed by atoms with E-state index in [0.29, 0.717) is 30.4 Å². The van der Waals surface area contributed by atoms with Crippen molar-refractivity contribution in [3.05, 3.63) is 18.2 Å². The van der Waals surface area contributed by atoms with Crippen LogP contribution in [0, 0.1) is 0 Å². The van der Waals surface area contributed by atoms with Gasteiger partial charge >= 0.3 is 0 Å². The van der Waals surface area contributed by atoms with E-state index >= 15 is 0 Å². The fourth-order valence-corrected chi connectivity index (χ4v) is 1.19. The summed E-state index contributed by atoms with van der Waals surface area (Å²) < 4.78 is 15.6. The molecule has 0 spiro atoms. The first-order valence-corrected chi connectivity index (χ1v) is 4.83. The predicted octanol–water partition coefficient (Wildman–Crippen LogP) is 1.69. The van der Waals surface area contributed by atoms with Crippen LogP contribution in [0.3, 0.4) is 0 Å². The van der Waals surface area contributed by atoms with Gasteiger partial charge in [0.15, 0.2) is 11.5 Å². The van der Waals surface area contributed by atoms with E-state index < -0.39 is 0 Å². The highest BCUT2D eigenvalue weighted by Gasteiger charge is 2.03. The number of benzene rings is 1. The molecule has 0 saturated carbocycles. The molecule has 0 aromatic heterocycles. The maximum absolute atomic E-state index is 5.65. The molecule has 0 fully saturated rings. The Kier molecular flexibility index (Phi) is 4.77. The van der Waals surface area contributed by atoms with Crippen molar-refractivity contribution in [1.82, 2.24) is 0 Å². The largest absolute Gasteiger partial charge is 0.493 e. The molecule has 4 nitrogen and oxygen atoms in total. The Bertz CT molecular complexity index is 302. The average molecular weight is 211 g/mol. The first-order valence-electron chi connectivity index (χ1n) is 4.83. The van der Waals surface area contributed by atoms with Crippen molar-refractivity contribution in [1.29, 1.82) is 0 Å². The summed E-state index contributed by atoms with van der Waals surface area (Å²) in [7, 11) is 3.27. The van der Waals surface area contributed by atoms with E-state index in [9.17, 15) is 0 Å². The van der Waals surface area contributed by atoms with Gasteiger partial charge in [0, 0.05) is 31.9 Å². The number of nitrogen functional groups attached to an aromatic ring is 1. The number of nitrogens with two attached hydrogens (primary N) is 1. The third kappa shape index (κ3) is 3.67. The third-order valence-corrected chi connectivity index (χ3v) is 1.94. The zero-order valence-corrected chi connectivity index (χ0v) is 9.16. The first-order chi connectivity index (χ1) is 7.27. The molecule has 4 heteroatoms. The van der Waals surface area contributed by atoms with Crippen molar-refractivity contribution in [3.63, 3.8) is 0 Å². The highest BCUT2D eigenvalue weighted by Crippen LogP contribution is 2.28. The molecule has 84 valence electrons. The second-order valence-electron chi connectivity index (χ2n) is 3.11. The molecule has 15 heavy (non-hydrogen) atoms. The summed E-state index contributed by atoms with van der Waals surface area (Å²) in [5.74, 6) is 1.37. The van der Waals surface area contributed by atoms with Gasteiger partial charge in [0.1, 0.15) is 0 Å². The lowest BCUT2D eigenvalue weighted by atomic mass is 10.3. The number of hydrogen-bond acceptors (Lipinski definition) is 4. The molecule has 0 heterocycles. The predicted molar refractivity (Wildman–Crippen MR) is 59.4 cm³/mol. The third-order valence-electron chi connectivity index (χ3n) is 1.94. The van der Waals surface area contributed by atoms with Crippen molar-refractivity contribution in [2.75, 3.05) is 33.2 Å². The summed E-state index contributed by atoms with van der Waals surface area (Å²) >= 11 is 0. The smallest absolute Gasteiger partial charge is 0.163 e. The molecule has 1 aromatic carbocycles. The summed E-state index contributed by atoms with van der Waals surface area (Å²) in [6, 6.07) is 5.33. The van der Waals surface area contributed by atoms with Crippen molar-refractivity contribution in [3.8, 4) is 11.5 Å². The quantitative estimate of drug-likeness (QED) is 0.574. The topological polar surface area (TPSA) is 53.7 Å². The van der Waals surface area contributed by atoms with Crippen molar-refractivity contribution < 1.29 is 14.2 Å². The van der Waals surface area contributed by atoms with Crippen LogP contribution in [0.1, 0.15) is 6.42 Å². The Labute approximate surface area is 89.9 Å². The molecule has 0 bridgehead atoms. The second kappa shape index (κ2) is 6.14. The standard InChI is InChI=1S/C11H17NO3/c1-13-6-3-7-15-11-8-9(12)4-5-10(11)14-2/h4-5,8H,3,6-7,12H2,1-2H3. The Hall–Kier alpha value is -1.42. The number of hydrogen-bond donors (Lipinski definition) is 1. The number of anilines is 1. The minimum Gasteiger partial charge on any atom is -0.493 e. The minimum atomic E-state index is 0.591. The number of ether oxygens (including phenoxy) is 3. The van der Waals surface area contributed by atoms with E-state index in [1.54, 1.807) is 32.4 Å². The monoisotopic (exact) mass is 211 g/mol. The van der Waals surface area contributed by atoms with Gasteiger partial charge in [0.25, 0.3) is 0 Å². The molecule has 0 amide bonds. The van der Waals surface area contributed by atoms with Crippen LogP contribution >= 0.6 is 0 Å². The number of methoxy groups -OCH3 is 2. The van der Waals surface area contributed by atoms with Gasteiger partial charge in [-0.3, -0.25) is 0 Å². The minimum absolute atomic E-state index is 0.591. The number of rotatable bonds is 6. The Balaban J connectivity index is 2.54. The molecular formula is C11H17NO3. The van der Waals surface area contributed by atoms with E-state index in [0.717, 1.165) is 6.42 Å². The summed E-state index contributed by atoms with van der Waals surface area (Å²) in [6.45, 7) is 1.28. The molecule has 0 radical (unpaired) electrons. The van der Waals surface area contributed by atoms with Crippen LogP contribution in [-0.2, 0) is 4.74 Å². The highest BCUT2D eigenvalue weighted by molar-refractivity contribution is 5.51. The molecule has 0 unspecified atom stereocenters. The summed E-state index contributed by atoms with van der Waals surface area (Å²) in [5.41, 5.74) is 6.32. The van der Waals surface area contributed by atoms with Crippen molar-refractivity contribution in [2.24, 2.45) is 0 Å². The van der Waals surface area contributed by atoms with Gasteiger partial charge in [0.2, 0.25) is 0 Å². The molecule has 0 saturated heterocycles. The summed E-state index contributed by atoms with van der Waals surface area (Å²) in [4.78, 5) is 0. The van der Waals surface area contributed by atoms with Gasteiger partial charge in [-0.2, -0.15) is 0 Å². The molecular weight excluding hydrogens is 194 g/mol. The van der Waals surface area contributed by atoms with E-state index in [-0.39, 0.29) is 0 Å². The maximum Gasteiger partial charge on any atom is 0.163 e. The van der Waals surface area contributed by atoms with E-state index in [1.807, 2.05) is 0 Å². The lowest BCUT2D eigenvalue weighted by Gasteiger charge is -2.10. The zero-order chi connectivity index (χ0) is 11.1. The molecule has 0 atom stereocenters. The van der Waals surface area contributed by atoms with E-state index in [2.05, 4.69) is 0 Å². The molecule has 0 aliphatic carbocycles. The Morgan fingerprint density at radius 3 is 2.60 bits per heavy atom. The van der Waals surface area contributed by atoms with E-state index in [4.69, 9.17) is 19.9 Å². The molecule has 1 aromatic rings. The van der Waals surface area contributed by atoms with Gasteiger partial charge in [-0.15, -0.1) is 0 Å². The van der Waals surface area contributed by atoms with Gasteiger partial charge in [0.05, 0.1) is 13.7 Å². The fraction of sp³-hybridized carbons (Fsp3) is 0.455. The van der Waals surface area contributed by atoms with Crippen LogP contribution in [0.15, 0.2) is 18.2 Å². The Morgan fingerprint density at radius 2 is 1.93 bits per heavy atom. The molecule has 0 aliphatic heterocycles. The average Bonchev–Trinajstić information content (AvgIpc) is 2.25. The van der Waals surface area contributed by atoms with Crippen LogP contribution in [0.5, 0.6) is 11.5 Å². The molecule has 1 rings (SSSR count). The van der Waals surface area contributed by atoms with E-state index in [1.165, 1.54) is 0 Å². The van der Waals surface area contributed by atoms with Crippen molar-refractivity contribution >= 4 is 5.69 Å². The maximum atomic E-state index is 5.65. The van der Waals surface area contributed by atoms with Crippen LogP contribution in [0.4, 0.5) is 5.69 Å². The van der Waals surface area contributed by atoms with Crippen LogP contribution in [-0.4, -0.2) is 27.4 Å². The van der Waals surface area contributed by atoms with Crippen LogP contribution in [0.25, 0.3) is 0 Å². The lowest BCUT2D eigenvalue weighted by Crippen LogP contribution is -2.03. The second-order valence-corrected chi connectivity index (χ2v) is 3.11. The van der Waals surface area contributed by atoms with Crippen molar-refractivity contribution in [2.45, 2.75) is 6.42 Å². The SMILES string of the molecule is COCCCOc1cc(N)ccc1OC. The summed E-state index contributed by atoms with van der Waals surface area (Å²) in [5, 5.41) is 0. The summed E-state index contributed by atoms with van der Waals surface area (Å²) in [6.07, 6.45) is 0.842. The van der Waals surface area contributed by atoms with Gasteiger partial charge < -0.3 is 19.9 Å². The zero-order valence-electron chi connectivity index (χ0n) is 9.16. The van der Waals surface area contributed by atoms with Crippen LogP contribution < -0.4 is 15.2 Å². The highest BCUT2D eigenvalue weighted by atomic mass is 16.5. The first kappa shape index (κ1) is 11.7.